The largest absolute Gasteiger partial charge is 0.477 e. The van der Waals surface area contributed by atoms with Crippen LogP contribution in [0.25, 0.3) is 0 Å². The summed E-state index contributed by atoms with van der Waals surface area (Å²) in [6, 6.07) is 5.63. The van der Waals surface area contributed by atoms with Gasteiger partial charge in [0.1, 0.15) is 16.9 Å². The van der Waals surface area contributed by atoms with Gasteiger partial charge in [-0.3, -0.25) is 4.79 Å². The molecule has 1 fully saturated rings. The molecule has 1 saturated heterocycles. The van der Waals surface area contributed by atoms with Crippen molar-refractivity contribution in [3.63, 3.8) is 0 Å². The SMILES string of the molecule is COC(=O)c1ccsc1N1CCC(Nc2cccc(C(=O)O)n2)C1=O. The van der Waals surface area contributed by atoms with E-state index in [9.17, 15) is 14.4 Å². The van der Waals surface area contributed by atoms with Crippen LogP contribution in [0.3, 0.4) is 0 Å². The molecule has 1 aliphatic rings. The number of methoxy groups -OCH3 is 1. The maximum Gasteiger partial charge on any atom is 0.354 e. The van der Waals surface area contributed by atoms with Crippen LogP contribution in [0.2, 0.25) is 0 Å². The minimum Gasteiger partial charge on any atom is -0.477 e. The molecule has 0 aliphatic carbocycles. The van der Waals surface area contributed by atoms with E-state index in [4.69, 9.17) is 9.84 Å². The molecule has 9 heteroatoms. The summed E-state index contributed by atoms with van der Waals surface area (Å²) in [4.78, 5) is 40.9. The lowest BCUT2D eigenvalue weighted by Crippen LogP contribution is -2.34. The van der Waals surface area contributed by atoms with Crippen molar-refractivity contribution in [3.8, 4) is 0 Å². The number of carboxylic acid groups (broad SMARTS) is 1. The monoisotopic (exact) mass is 361 g/mol. The van der Waals surface area contributed by atoms with Crippen LogP contribution in [-0.4, -0.2) is 47.6 Å². The molecule has 0 radical (unpaired) electrons. The van der Waals surface area contributed by atoms with Crippen molar-refractivity contribution >= 4 is 40.0 Å². The smallest absolute Gasteiger partial charge is 0.354 e. The molecule has 0 aromatic carbocycles. The van der Waals surface area contributed by atoms with Crippen molar-refractivity contribution < 1.29 is 24.2 Å². The summed E-state index contributed by atoms with van der Waals surface area (Å²) in [6.45, 7) is 0.444. The van der Waals surface area contributed by atoms with Crippen molar-refractivity contribution in [2.75, 3.05) is 23.9 Å². The molecule has 2 aromatic heterocycles. The quantitative estimate of drug-likeness (QED) is 0.782. The summed E-state index contributed by atoms with van der Waals surface area (Å²) < 4.78 is 4.74. The van der Waals surface area contributed by atoms with Gasteiger partial charge in [0.2, 0.25) is 5.91 Å². The molecule has 2 aromatic rings. The minimum absolute atomic E-state index is 0.0986. The molecule has 1 unspecified atom stereocenters. The number of carbonyl (C=O) groups is 3. The fourth-order valence-corrected chi connectivity index (χ4v) is 3.52. The van der Waals surface area contributed by atoms with Gasteiger partial charge in [0, 0.05) is 6.54 Å². The van der Waals surface area contributed by atoms with Crippen molar-refractivity contribution in [2.24, 2.45) is 0 Å². The molecular formula is C16H15N3O5S. The van der Waals surface area contributed by atoms with Gasteiger partial charge in [-0.05, 0) is 30.0 Å². The van der Waals surface area contributed by atoms with E-state index in [0.29, 0.717) is 29.3 Å². The Morgan fingerprint density at radius 2 is 2.20 bits per heavy atom. The molecule has 0 bridgehead atoms. The second kappa shape index (κ2) is 6.89. The number of ether oxygens (including phenoxy) is 1. The molecule has 3 rings (SSSR count). The Morgan fingerprint density at radius 1 is 1.40 bits per heavy atom. The highest BCUT2D eigenvalue weighted by atomic mass is 32.1. The summed E-state index contributed by atoms with van der Waals surface area (Å²) >= 11 is 1.29. The summed E-state index contributed by atoms with van der Waals surface area (Å²) in [5, 5.41) is 14.2. The number of nitrogens with zero attached hydrogens (tertiary/aromatic N) is 2. The number of rotatable bonds is 5. The number of aromatic carboxylic acids is 1. The number of pyridine rings is 1. The second-order valence-electron chi connectivity index (χ2n) is 5.32. The first-order valence-corrected chi connectivity index (χ1v) is 8.33. The highest BCUT2D eigenvalue weighted by molar-refractivity contribution is 7.14. The van der Waals surface area contributed by atoms with Crippen molar-refractivity contribution in [1.29, 1.82) is 0 Å². The molecule has 1 aliphatic heterocycles. The van der Waals surface area contributed by atoms with Gasteiger partial charge in [0.05, 0.1) is 12.7 Å². The maximum atomic E-state index is 12.7. The normalized spacial score (nSPS) is 16.8. The molecule has 2 N–H and O–H groups in total. The van der Waals surface area contributed by atoms with Gasteiger partial charge in [0.15, 0.2) is 5.69 Å². The fourth-order valence-electron chi connectivity index (χ4n) is 2.60. The Balaban J connectivity index is 1.77. The average Bonchev–Trinajstić information content (AvgIpc) is 3.22. The molecule has 1 amide bonds. The molecule has 0 saturated carbocycles. The van der Waals surface area contributed by atoms with E-state index < -0.39 is 18.0 Å². The molecule has 8 nitrogen and oxygen atoms in total. The van der Waals surface area contributed by atoms with Gasteiger partial charge in [-0.25, -0.2) is 14.6 Å². The number of carbonyl (C=O) groups excluding carboxylic acids is 2. The first kappa shape index (κ1) is 16.9. The molecule has 3 heterocycles. The lowest BCUT2D eigenvalue weighted by atomic mass is 10.2. The number of thiophene rings is 1. The van der Waals surface area contributed by atoms with Crippen LogP contribution in [0.5, 0.6) is 0 Å². The number of nitrogens with one attached hydrogen (secondary N) is 1. The lowest BCUT2D eigenvalue weighted by Gasteiger charge is -2.17. The van der Waals surface area contributed by atoms with Gasteiger partial charge in [-0.1, -0.05) is 6.07 Å². The Morgan fingerprint density at radius 3 is 2.92 bits per heavy atom. The van der Waals surface area contributed by atoms with E-state index in [-0.39, 0.29) is 11.6 Å². The Hall–Kier alpha value is -2.94. The number of hydrogen-bond acceptors (Lipinski definition) is 7. The number of aromatic nitrogens is 1. The van der Waals surface area contributed by atoms with Crippen molar-refractivity contribution in [1.82, 2.24) is 4.98 Å². The van der Waals surface area contributed by atoms with Crippen molar-refractivity contribution in [3.05, 3.63) is 40.9 Å². The zero-order valence-corrected chi connectivity index (χ0v) is 14.1. The Kier molecular flexibility index (Phi) is 4.66. The fraction of sp³-hybridized carbons (Fsp3) is 0.250. The van der Waals surface area contributed by atoms with Gasteiger partial charge >= 0.3 is 11.9 Å². The minimum atomic E-state index is -1.13. The van der Waals surface area contributed by atoms with Crippen LogP contribution in [0.4, 0.5) is 10.8 Å². The Bertz CT molecular complexity index is 835. The van der Waals surface area contributed by atoms with E-state index in [1.165, 1.54) is 29.4 Å². The van der Waals surface area contributed by atoms with Crippen LogP contribution in [0.1, 0.15) is 27.3 Å². The van der Waals surface area contributed by atoms with Crippen LogP contribution < -0.4 is 10.2 Å². The van der Waals surface area contributed by atoms with E-state index in [1.54, 1.807) is 23.6 Å². The average molecular weight is 361 g/mol. The lowest BCUT2D eigenvalue weighted by molar-refractivity contribution is -0.117. The summed E-state index contributed by atoms with van der Waals surface area (Å²) in [5.74, 6) is -1.50. The van der Waals surface area contributed by atoms with Crippen LogP contribution in [-0.2, 0) is 9.53 Å². The van der Waals surface area contributed by atoms with E-state index in [2.05, 4.69) is 10.3 Å². The zero-order chi connectivity index (χ0) is 18.0. The Labute approximate surface area is 147 Å². The molecule has 0 spiro atoms. The van der Waals surface area contributed by atoms with Gasteiger partial charge in [-0.2, -0.15) is 0 Å². The maximum absolute atomic E-state index is 12.7. The summed E-state index contributed by atoms with van der Waals surface area (Å²) in [6.07, 6.45) is 0.510. The number of carboxylic acids is 1. The predicted molar refractivity (Wildman–Crippen MR) is 91.2 cm³/mol. The molecule has 25 heavy (non-hydrogen) atoms. The van der Waals surface area contributed by atoms with Gasteiger partial charge in [-0.15, -0.1) is 11.3 Å². The van der Waals surface area contributed by atoms with Crippen LogP contribution >= 0.6 is 11.3 Å². The van der Waals surface area contributed by atoms with Gasteiger partial charge < -0.3 is 20.1 Å². The number of amides is 1. The highest BCUT2D eigenvalue weighted by Gasteiger charge is 2.35. The second-order valence-corrected chi connectivity index (χ2v) is 6.21. The summed E-state index contributed by atoms with van der Waals surface area (Å²) in [7, 11) is 1.29. The number of esters is 1. The third kappa shape index (κ3) is 3.31. The molecule has 1 atom stereocenters. The zero-order valence-electron chi connectivity index (χ0n) is 13.3. The standard InChI is InChI=1S/C16H15N3O5S/c1-24-16(23)9-6-8-25-14(9)19-7-5-10(13(19)20)17-12-4-2-3-11(18-12)15(21)22/h2-4,6,8,10H,5,7H2,1H3,(H,17,18)(H,21,22). The number of hydrogen-bond donors (Lipinski definition) is 2. The number of anilines is 2. The van der Waals surface area contributed by atoms with E-state index in [0.717, 1.165) is 0 Å². The van der Waals surface area contributed by atoms with Gasteiger partial charge in [0.25, 0.3) is 0 Å². The highest BCUT2D eigenvalue weighted by Crippen LogP contribution is 2.32. The molecular weight excluding hydrogens is 346 g/mol. The third-order valence-corrected chi connectivity index (χ3v) is 4.73. The van der Waals surface area contributed by atoms with Crippen molar-refractivity contribution in [2.45, 2.75) is 12.5 Å². The summed E-state index contributed by atoms with van der Waals surface area (Å²) in [5.41, 5.74) is 0.256. The van der Waals surface area contributed by atoms with E-state index in [1.807, 2.05) is 0 Å². The first-order valence-electron chi connectivity index (χ1n) is 7.45. The first-order chi connectivity index (χ1) is 12.0. The van der Waals surface area contributed by atoms with Crippen LogP contribution in [0.15, 0.2) is 29.6 Å². The van der Waals surface area contributed by atoms with Crippen LogP contribution in [0, 0.1) is 0 Å². The topological polar surface area (TPSA) is 109 Å². The molecule has 130 valence electrons. The van der Waals surface area contributed by atoms with E-state index >= 15 is 0 Å². The third-order valence-electron chi connectivity index (χ3n) is 3.79. The predicted octanol–water partition coefficient (Wildman–Crippen LogP) is 1.85.